The van der Waals surface area contributed by atoms with E-state index in [9.17, 15) is 5.11 Å². The van der Waals surface area contributed by atoms with Crippen molar-refractivity contribution >= 4 is 0 Å². The van der Waals surface area contributed by atoms with Crippen LogP contribution in [-0.4, -0.2) is 26.1 Å². The highest BCUT2D eigenvalue weighted by Crippen LogP contribution is 2.45. The number of hydrogen-bond acceptors (Lipinski definition) is 3. The smallest absolute Gasteiger partial charge is 0.0858 e. The van der Waals surface area contributed by atoms with E-state index in [1.165, 1.54) is 0 Å². The quantitative estimate of drug-likeness (QED) is 0.922. The SMILES string of the molecule is CCc1nn(C2CC(C)(C)OC2(C)C)c(CC)c1CO. The third-order valence-electron chi connectivity index (χ3n) is 4.35. The fourth-order valence-corrected chi connectivity index (χ4v) is 3.57. The van der Waals surface area contributed by atoms with Crippen molar-refractivity contribution < 1.29 is 9.84 Å². The van der Waals surface area contributed by atoms with Crippen molar-refractivity contribution in [2.45, 2.75) is 84.7 Å². The first-order chi connectivity index (χ1) is 9.25. The Morgan fingerprint density at radius 1 is 1.25 bits per heavy atom. The van der Waals surface area contributed by atoms with Gasteiger partial charge in [-0.05, 0) is 40.5 Å². The van der Waals surface area contributed by atoms with Crippen molar-refractivity contribution in [1.82, 2.24) is 9.78 Å². The standard InChI is InChI=1S/C16H28N2O2/c1-7-12-11(10-19)13(8-2)18(17-12)14-9-15(3,4)20-16(14,5)6/h14,19H,7-10H2,1-6H3. The van der Waals surface area contributed by atoms with E-state index in [0.717, 1.165) is 36.2 Å². The molecule has 0 spiro atoms. The zero-order valence-corrected chi connectivity index (χ0v) is 13.7. The van der Waals surface area contributed by atoms with Crippen molar-refractivity contribution in [1.29, 1.82) is 0 Å². The summed E-state index contributed by atoms with van der Waals surface area (Å²) in [5.74, 6) is 0. The summed E-state index contributed by atoms with van der Waals surface area (Å²) in [4.78, 5) is 0. The van der Waals surface area contributed by atoms with Gasteiger partial charge < -0.3 is 9.84 Å². The zero-order chi connectivity index (χ0) is 15.1. The van der Waals surface area contributed by atoms with Crippen LogP contribution >= 0.6 is 0 Å². The van der Waals surface area contributed by atoms with Gasteiger partial charge in [-0.15, -0.1) is 0 Å². The van der Waals surface area contributed by atoms with E-state index < -0.39 is 0 Å². The Labute approximate surface area is 122 Å². The highest BCUT2D eigenvalue weighted by Gasteiger charge is 2.48. The van der Waals surface area contributed by atoms with Crippen LogP contribution in [0.4, 0.5) is 0 Å². The summed E-state index contributed by atoms with van der Waals surface area (Å²) in [5.41, 5.74) is 2.82. The largest absolute Gasteiger partial charge is 0.392 e. The first-order valence-corrected chi connectivity index (χ1v) is 7.66. The van der Waals surface area contributed by atoms with Crippen molar-refractivity contribution in [2.75, 3.05) is 0 Å². The Bertz CT molecular complexity index is 489. The van der Waals surface area contributed by atoms with Crippen molar-refractivity contribution in [2.24, 2.45) is 0 Å². The molecule has 1 N–H and O–H groups in total. The molecule has 1 fully saturated rings. The van der Waals surface area contributed by atoms with Gasteiger partial charge in [0.25, 0.3) is 0 Å². The third kappa shape index (κ3) is 2.51. The second kappa shape index (κ2) is 5.15. The maximum atomic E-state index is 9.67. The number of aliphatic hydroxyl groups is 1. The molecular weight excluding hydrogens is 252 g/mol. The molecular formula is C16H28N2O2. The second-order valence-electron chi connectivity index (χ2n) is 6.87. The normalized spacial score (nSPS) is 24.2. The van der Waals surface area contributed by atoms with Crippen LogP contribution in [0, 0.1) is 0 Å². The molecule has 4 heteroatoms. The lowest BCUT2D eigenvalue weighted by Gasteiger charge is -2.28. The Balaban J connectivity index is 2.50. The lowest BCUT2D eigenvalue weighted by atomic mass is 9.94. The molecule has 2 rings (SSSR count). The van der Waals surface area contributed by atoms with E-state index in [2.05, 4.69) is 46.2 Å². The van der Waals surface area contributed by atoms with Crippen molar-refractivity contribution in [3.05, 3.63) is 17.0 Å². The second-order valence-corrected chi connectivity index (χ2v) is 6.87. The van der Waals surface area contributed by atoms with E-state index in [0.29, 0.717) is 0 Å². The molecule has 0 amide bonds. The minimum absolute atomic E-state index is 0.0732. The molecule has 1 atom stereocenters. The van der Waals surface area contributed by atoms with Gasteiger partial charge in [-0.1, -0.05) is 13.8 Å². The van der Waals surface area contributed by atoms with Gasteiger partial charge in [-0.2, -0.15) is 5.10 Å². The highest BCUT2D eigenvalue weighted by molar-refractivity contribution is 5.27. The Hall–Kier alpha value is -0.870. The molecule has 1 saturated heterocycles. The minimum Gasteiger partial charge on any atom is -0.392 e. The summed E-state index contributed by atoms with van der Waals surface area (Å²) in [6.45, 7) is 12.8. The molecule has 2 heterocycles. The topological polar surface area (TPSA) is 47.3 Å². The summed E-state index contributed by atoms with van der Waals surface area (Å²) < 4.78 is 8.32. The fraction of sp³-hybridized carbons (Fsp3) is 0.812. The molecule has 0 radical (unpaired) electrons. The molecule has 0 aliphatic carbocycles. The average molecular weight is 280 g/mol. The van der Waals surface area contributed by atoms with E-state index in [1.807, 2.05) is 0 Å². The van der Waals surface area contributed by atoms with E-state index in [4.69, 9.17) is 9.84 Å². The molecule has 1 aromatic rings. The monoisotopic (exact) mass is 280 g/mol. The summed E-state index contributed by atoms with van der Waals surface area (Å²) in [6.07, 6.45) is 2.69. The molecule has 114 valence electrons. The Kier molecular flexibility index (Phi) is 4.00. The zero-order valence-electron chi connectivity index (χ0n) is 13.7. The summed E-state index contributed by atoms with van der Waals surface area (Å²) >= 11 is 0. The fourth-order valence-electron chi connectivity index (χ4n) is 3.57. The highest BCUT2D eigenvalue weighted by atomic mass is 16.5. The van der Waals surface area contributed by atoms with E-state index in [-0.39, 0.29) is 23.9 Å². The molecule has 1 unspecified atom stereocenters. The number of ether oxygens (including phenoxy) is 1. The number of rotatable bonds is 4. The molecule has 4 nitrogen and oxygen atoms in total. The first kappa shape index (κ1) is 15.5. The molecule has 0 saturated carbocycles. The number of aryl methyl sites for hydroxylation is 1. The van der Waals surface area contributed by atoms with Gasteiger partial charge in [-0.25, -0.2) is 0 Å². The molecule has 1 aliphatic rings. The number of nitrogens with zero attached hydrogens (tertiary/aromatic N) is 2. The number of aromatic nitrogens is 2. The average Bonchev–Trinajstić information content (AvgIpc) is 2.81. The summed E-state index contributed by atoms with van der Waals surface area (Å²) in [6, 6.07) is 0.220. The third-order valence-corrected chi connectivity index (χ3v) is 4.35. The van der Waals surface area contributed by atoms with Crippen LogP contribution in [0.5, 0.6) is 0 Å². The van der Waals surface area contributed by atoms with Crippen LogP contribution in [0.3, 0.4) is 0 Å². The van der Waals surface area contributed by atoms with Crippen LogP contribution < -0.4 is 0 Å². The molecule has 0 bridgehead atoms. The lowest BCUT2D eigenvalue weighted by Crippen LogP contribution is -2.32. The van der Waals surface area contributed by atoms with Gasteiger partial charge in [0.05, 0.1) is 29.5 Å². The van der Waals surface area contributed by atoms with Crippen molar-refractivity contribution in [3.63, 3.8) is 0 Å². The minimum atomic E-state index is -0.239. The Morgan fingerprint density at radius 2 is 1.90 bits per heavy atom. The summed E-state index contributed by atoms with van der Waals surface area (Å²) in [7, 11) is 0. The maximum Gasteiger partial charge on any atom is 0.0858 e. The van der Waals surface area contributed by atoms with Gasteiger partial charge in [0.15, 0.2) is 0 Å². The van der Waals surface area contributed by atoms with Crippen LogP contribution in [0.1, 0.15) is 71.0 Å². The van der Waals surface area contributed by atoms with E-state index in [1.54, 1.807) is 0 Å². The van der Waals surface area contributed by atoms with Crippen molar-refractivity contribution in [3.8, 4) is 0 Å². The summed E-state index contributed by atoms with van der Waals surface area (Å²) in [5, 5.41) is 14.5. The van der Waals surface area contributed by atoms with Gasteiger partial charge in [-0.3, -0.25) is 4.68 Å². The van der Waals surface area contributed by atoms with Crippen LogP contribution in [0.15, 0.2) is 0 Å². The van der Waals surface area contributed by atoms with Crippen LogP contribution in [0.2, 0.25) is 0 Å². The molecule has 1 aliphatic heterocycles. The first-order valence-electron chi connectivity index (χ1n) is 7.66. The molecule has 20 heavy (non-hydrogen) atoms. The predicted molar refractivity (Wildman–Crippen MR) is 79.8 cm³/mol. The van der Waals surface area contributed by atoms with Gasteiger partial charge in [0.2, 0.25) is 0 Å². The number of hydrogen-bond donors (Lipinski definition) is 1. The molecule has 0 aromatic carbocycles. The maximum absolute atomic E-state index is 9.67. The van der Waals surface area contributed by atoms with Crippen LogP contribution in [0.25, 0.3) is 0 Å². The Morgan fingerprint density at radius 3 is 2.30 bits per heavy atom. The van der Waals surface area contributed by atoms with Gasteiger partial charge in [0, 0.05) is 17.7 Å². The predicted octanol–water partition coefficient (Wildman–Crippen LogP) is 3.02. The van der Waals surface area contributed by atoms with Crippen LogP contribution in [-0.2, 0) is 24.2 Å². The lowest BCUT2D eigenvalue weighted by molar-refractivity contribution is -0.0739. The van der Waals surface area contributed by atoms with Gasteiger partial charge in [0.1, 0.15) is 0 Å². The van der Waals surface area contributed by atoms with E-state index >= 15 is 0 Å². The molecule has 1 aromatic heterocycles. The number of aliphatic hydroxyl groups excluding tert-OH is 1. The van der Waals surface area contributed by atoms with Gasteiger partial charge >= 0.3 is 0 Å².